The van der Waals surface area contributed by atoms with E-state index in [1.807, 2.05) is 26.8 Å². The zero-order chi connectivity index (χ0) is 13.0. The summed E-state index contributed by atoms with van der Waals surface area (Å²) in [7, 11) is 0. The molecule has 0 aliphatic heterocycles. The lowest BCUT2D eigenvalue weighted by Crippen LogP contribution is -2.06. The fourth-order valence-electron chi connectivity index (χ4n) is 1.57. The number of hydrogen-bond acceptors (Lipinski definition) is 6. The van der Waals surface area contributed by atoms with Gasteiger partial charge in [-0.25, -0.2) is 9.97 Å². The van der Waals surface area contributed by atoms with Crippen LogP contribution in [0.15, 0.2) is 16.9 Å². The van der Waals surface area contributed by atoms with Crippen LogP contribution in [0.4, 0.5) is 5.82 Å². The van der Waals surface area contributed by atoms with E-state index < -0.39 is 0 Å². The van der Waals surface area contributed by atoms with Gasteiger partial charge >= 0.3 is 0 Å². The first-order valence-electron chi connectivity index (χ1n) is 5.81. The Hall–Kier alpha value is -2.11. The van der Waals surface area contributed by atoms with Crippen molar-refractivity contribution in [1.82, 2.24) is 15.1 Å². The van der Waals surface area contributed by atoms with Crippen LogP contribution in [0, 0.1) is 13.8 Å². The van der Waals surface area contributed by atoms with Crippen LogP contribution >= 0.6 is 0 Å². The molecule has 2 aromatic heterocycles. The number of nitrogens with one attached hydrogen (secondary N) is 1. The maximum absolute atomic E-state index is 5.41. The lowest BCUT2D eigenvalue weighted by molar-refractivity contribution is 0.324. The molecule has 0 saturated carbocycles. The summed E-state index contributed by atoms with van der Waals surface area (Å²) in [4.78, 5) is 8.26. The predicted molar refractivity (Wildman–Crippen MR) is 66.5 cm³/mol. The third-order valence-corrected chi connectivity index (χ3v) is 2.43. The van der Waals surface area contributed by atoms with Crippen LogP contribution in [0.25, 0.3) is 0 Å². The van der Waals surface area contributed by atoms with Crippen LogP contribution in [0.1, 0.15) is 23.9 Å². The number of hydrogen-bond donors (Lipinski definition) is 1. The Balaban J connectivity index is 2.07. The number of ether oxygens (including phenoxy) is 1. The molecule has 1 N–H and O–H groups in total. The SMILES string of the molecule is CCOc1ncnc(NCc2cc(C)on2)c1C. The Morgan fingerprint density at radius 1 is 1.33 bits per heavy atom. The molecule has 0 atom stereocenters. The molecule has 0 saturated heterocycles. The number of aromatic nitrogens is 3. The first kappa shape index (κ1) is 12.3. The van der Waals surface area contributed by atoms with E-state index in [0.29, 0.717) is 19.0 Å². The highest BCUT2D eigenvalue weighted by molar-refractivity contribution is 5.47. The van der Waals surface area contributed by atoms with Gasteiger partial charge in [0.1, 0.15) is 23.6 Å². The molecule has 0 bridgehead atoms. The molecule has 2 heterocycles. The van der Waals surface area contributed by atoms with Gasteiger partial charge in [0.2, 0.25) is 5.88 Å². The van der Waals surface area contributed by atoms with Crippen LogP contribution in [-0.4, -0.2) is 21.7 Å². The first-order chi connectivity index (χ1) is 8.70. The summed E-state index contributed by atoms with van der Waals surface area (Å²) in [6.45, 7) is 6.84. The molecule has 0 aromatic carbocycles. The minimum Gasteiger partial charge on any atom is -0.478 e. The predicted octanol–water partition coefficient (Wildman–Crippen LogP) is 2.09. The average Bonchev–Trinajstić information content (AvgIpc) is 2.77. The standard InChI is InChI=1S/C12H16N4O2/c1-4-17-12-9(3)11(14-7-15-12)13-6-10-5-8(2)18-16-10/h5,7H,4,6H2,1-3H3,(H,13,14,15). The van der Waals surface area contributed by atoms with Crippen LogP contribution in [0.5, 0.6) is 5.88 Å². The lowest BCUT2D eigenvalue weighted by Gasteiger charge is -2.10. The molecule has 0 fully saturated rings. The van der Waals surface area contributed by atoms with E-state index in [-0.39, 0.29) is 0 Å². The van der Waals surface area contributed by atoms with Gasteiger partial charge in [-0.15, -0.1) is 0 Å². The molecule has 18 heavy (non-hydrogen) atoms. The zero-order valence-corrected chi connectivity index (χ0v) is 10.7. The van der Waals surface area contributed by atoms with E-state index in [1.165, 1.54) is 6.33 Å². The van der Waals surface area contributed by atoms with Gasteiger partial charge in [0, 0.05) is 6.07 Å². The molecule has 6 nitrogen and oxygen atoms in total. The van der Waals surface area contributed by atoms with Gasteiger partial charge in [-0.3, -0.25) is 0 Å². The van der Waals surface area contributed by atoms with Gasteiger partial charge in [-0.2, -0.15) is 0 Å². The van der Waals surface area contributed by atoms with Gasteiger partial charge in [0.25, 0.3) is 0 Å². The van der Waals surface area contributed by atoms with E-state index >= 15 is 0 Å². The maximum Gasteiger partial charge on any atom is 0.221 e. The third kappa shape index (κ3) is 2.77. The summed E-state index contributed by atoms with van der Waals surface area (Å²) in [5.41, 5.74) is 1.73. The highest BCUT2D eigenvalue weighted by Gasteiger charge is 2.08. The fraction of sp³-hybridized carbons (Fsp3) is 0.417. The normalized spacial score (nSPS) is 10.4. The van der Waals surface area contributed by atoms with Crippen LogP contribution in [-0.2, 0) is 6.54 Å². The van der Waals surface area contributed by atoms with Gasteiger partial charge in [0.05, 0.1) is 18.7 Å². The largest absolute Gasteiger partial charge is 0.478 e. The number of anilines is 1. The molecule has 0 amide bonds. The van der Waals surface area contributed by atoms with E-state index in [1.54, 1.807) is 0 Å². The average molecular weight is 248 g/mol. The Morgan fingerprint density at radius 2 is 2.17 bits per heavy atom. The fourth-order valence-corrected chi connectivity index (χ4v) is 1.57. The number of aryl methyl sites for hydroxylation is 1. The summed E-state index contributed by atoms with van der Waals surface area (Å²) in [6.07, 6.45) is 1.48. The van der Waals surface area contributed by atoms with Crippen molar-refractivity contribution in [2.45, 2.75) is 27.3 Å². The number of rotatable bonds is 5. The van der Waals surface area contributed by atoms with Crippen molar-refractivity contribution in [1.29, 1.82) is 0 Å². The van der Waals surface area contributed by atoms with Crippen molar-refractivity contribution in [3.8, 4) is 5.88 Å². The minimum absolute atomic E-state index is 0.556. The van der Waals surface area contributed by atoms with E-state index in [4.69, 9.17) is 9.26 Å². The van der Waals surface area contributed by atoms with Crippen LogP contribution in [0.3, 0.4) is 0 Å². The van der Waals surface area contributed by atoms with Crippen molar-refractivity contribution in [3.63, 3.8) is 0 Å². The Bertz CT molecular complexity index is 525. The van der Waals surface area contributed by atoms with Gasteiger partial charge < -0.3 is 14.6 Å². The summed E-state index contributed by atoms with van der Waals surface area (Å²) >= 11 is 0. The van der Waals surface area contributed by atoms with Gasteiger partial charge in [0.15, 0.2) is 0 Å². The Labute approximate surface area is 105 Å². The zero-order valence-electron chi connectivity index (χ0n) is 10.7. The van der Waals surface area contributed by atoms with E-state index in [9.17, 15) is 0 Å². The molecule has 0 unspecified atom stereocenters. The third-order valence-electron chi connectivity index (χ3n) is 2.43. The molecule has 96 valence electrons. The molecule has 2 aromatic rings. The molecule has 2 rings (SSSR count). The second-order valence-electron chi connectivity index (χ2n) is 3.87. The molecule has 0 aliphatic carbocycles. The monoisotopic (exact) mass is 248 g/mol. The molecule has 0 spiro atoms. The quantitative estimate of drug-likeness (QED) is 0.873. The smallest absolute Gasteiger partial charge is 0.221 e. The molecular formula is C12H16N4O2. The Morgan fingerprint density at radius 3 is 2.83 bits per heavy atom. The Kier molecular flexibility index (Phi) is 3.76. The maximum atomic E-state index is 5.41. The minimum atomic E-state index is 0.556. The highest BCUT2D eigenvalue weighted by atomic mass is 16.5. The van der Waals surface area contributed by atoms with E-state index in [0.717, 1.165) is 22.8 Å². The topological polar surface area (TPSA) is 73.1 Å². The highest BCUT2D eigenvalue weighted by Crippen LogP contribution is 2.20. The van der Waals surface area contributed by atoms with Crippen molar-refractivity contribution in [2.75, 3.05) is 11.9 Å². The van der Waals surface area contributed by atoms with Crippen molar-refractivity contribution < 1.29 is 9.26 Å². The molecule has 0 aliphatic rings. The number of nitrogens with zero attached hydrogens (tertiary/aromatic N) is 3. The first-order valence-corrected chi connectivity index (χ1v) is 5.81. The second kappa shape index (κ2) is 5.48. The van der Waals surface area contributed by atoms with Crippen molar-refractivity contribution in [3.05, 3.63) is 29.4 Å². The summed E-state index contributed by atoms with van der Waals surface area (Å²) in [5.74, 6) is 2.14. The second-order valence-corrected chi connectivity index (χ2v) is 3.87. The molecule has 6 heteroatoms. The summed E-state index contributed by atoms with van der Waals surface area (Å²) in [5, 5.41) is 7.09. The summed E-state index contributed by atoms with van der Waals surface area (Å²) in [6, 6.07) is 1.88. The van der Waals surface area contributed by atoms with Crippen molar-refractivity contribution in [2.24, 2.45) is 0 Å². The van der Waals surface area contributed by atoms with Gasteiger partial charge in [-0.05, 0) is 20.8 Å². The lowest BCUT2D eigenvalue weighted by atomic mass is 10.3. The summed E-state index contributed by atoms with van der Waals surface area (Å²) < 4.78 is 10.4. The van der Waals surface area contributed by atoms with Crippen LogP contribution < -0.4 is 10.1 Å². The molecule has 0 radical (unpaired) electrons. The van der Waals surface area contributed by atoms with Crippen molar-refractivity contribution >= 4 is 5.82 Å². The molecular weight excluding hydrogens is 232 g/mol. The van der Waals surface area contributed by atoms with Gasteiger partial charge in [-0.1, -0.05) is 5.16 Å². The van der Waals surface area contributed by atoms with E-state index in [2.05, 4.69) is 20.4 Å². The van der Waals surface area contributed by atoms with Crippen LogP contribution in [0.2, 0.25) is 0 Å².